The molecular formula is C23H18FN3O4S. The van der Waals surface area contributed by atoms with Crippen LogP contribution in [0.25, 0.3) is 16.9 Å². The second-order valence-electron chi connectivity index (χ2n) is 7.06. The molecule has 0 fully saturated rings. The van der Waals surface area contributed by atoms with Gasteiger partial charge in [-0.05, 0) is 36.4 Å². The van der Waals surface area contributed by atoms with Gasteiger partial charge in [0, 0.05) is 18.0 Å². The average Bonchev–Trinajstić information content (AvgIpc) is 3.20. The van der Waals surface area contributed by atoms with Gasteiger partial charge >= 0.3 is 0 Å². The van der Waals surface area contributed by atoms with Crippen LogP contribution >= 0.6 is 0 Å². The Morgan fingerprint density at radius 1 is 1.00 bits per heavy atom. The molecule has 2 N–H and O–H groups in total. The molecule has 0 aliphatic heterocycles. The Labute approximate surface area is 183 Å². The number of halogens is 1. The van der Waals surface area contributed by atoms with E-state index in [-0.39, 0.29) is 33.3 Å². The lowest BCUT2D eigenvalue weighted by molar-refractivity contribution is 0.102. The number of hydrogen-bond acceptors (Lipinski definition) is 5. The number of carbonyl (C=O) groups is 1. The summed E-state index contributed by atoms with van der Waals surface area (Å²) in [7, 11) is -3.40. The SMILES string of the molecule is CS(=O)(=O)c1ccc(-c2nn(-c3ccccc3F)cc2C(=O)Nc2ccccc2O)cc1. The van der Waals surface area contributed by atoms with Crippen molar-refractivity contribution >= 4 is 21.4 Å². The van der Waals surface area contributed by atoms with Crippen LogP contribution in [0.1, 0.15) is 10.4 Å². The second-order valence-corrected chi connectivity index (χ2v) is 9.07. The van der Waals surface area contributed by atoms with Gasteiger partial charge in [0.15, 0.2) is 9.84 Å². The maximum atomic E-state index is 14.3. The summed E-state index contributed by atoms with van der Waals surface area (Å²) in [5.74, 6) is -1.21. The first-order valence-electron chi connectivity index (χ1n) is 9.48. The lowest BCUT2D eigenvalue weighted by atomic mass is 10.1. The minimum atomic E-state index is -3.40. The number of amides is 1. The Kier molecular flexibility index (Phi) is 5.50. The fraction of sp³-hybridized carbons (Fsp3) is 0.0435. The molecule has 4 aromatic rings. The molecule has 1 aromatic heterocycles. The van der Waals surface area contributed by atoms with Crippen molar-refractivity contribution in [2.24, 2.45) is 0 Å². The summed E-state index contributed by atoms with van der Waals surface area (Å²) >= 11 is 0. The maximum absolute atomic E-state index is 14.3. The standard InChI is InChI=1S/C23H18FN3O4S/c1-32(30,31)16-12-10-15(11-13-16)22-17(23(29)25-19-7-3-5-9-21(19)28)14-27(26-22)20-8-4-2-6-18(20)24/h2-14,28H,1H3,(H,25,29). The number of nitrogens with one attached hydrogen (secondary N) is 1. The van der Waals surface area contributed by atoms with E-state index in [2.05, 4.69) is 10.4 Å². The van der Waals surface area contributed by atoms with Gasteiger partial charge in [0.1, 0.15) is 22.9 Å². The fourth-order valence-corrected chi connectivity index (χ4v) is 3.77. The molecule has 162 valence electrons. The molecule has 0 atom stereocenters. The number of phenolic OH excluding ortho intramolecular Hbond substituents is 1. The van der Waals surface area contributed by atoms with E-state index in [0.717, 1.165) is 6.26 Å². The first kappa shape index (κ1) is 21.3. The molecule has 0 aliphatic carbocycles. The minimum Gasteiger partial charge on any atom is -0.506 e. The van der Waals surface area contributed by atoms with E-state index in [4.69, 9.17) is 0 Å². The van der Waals surface area contributed by atoms with Crippen molar-refractivity contribution in [1.82, 2.24) is 9.78 Å². The van der Waals surface area contributed by atoms with E-state index >= 15 is 0 Å². The van der Waals surface area contributed by atoms with Crippen LogP contribution in [-0.4, -0.2) is 35.5 Å². The summed E-state index contributed by atoms with van der Waals surface area (Å²) < 4.78 is 39.1. The fourth-order valence-electron chi connectivity index (χ4n) is 3.14. The molecule has 9 heteroatoms. The molecule has 32 heavy (non-hydrogen) atoms. The number of hydrogen-bond donors (Lipinski definition) is 2. The highest BCUT2D eigenvalue weighted by Gasteiger charge is 2.21. The van der Waals surface area contributed by atoms with Crippen LogP contribution in [0.5, 0.6) is 5.75 Å². The zero-order valence-electron chi connectivity index (χ0n) is 16.9. The summed E-state index contributed by atoms with van der Waals surface area (Å²) in [6.07, 6.45) is 2.48. The van der Waals surface area contributed by atoms with Gasteiger partial charge in [-0.3, -0.25) is 4.79 Å². The number of phenols is 1. The second kappa shape index (κ2) is 8.27. The van der Waals surface area contributed by atoms with E-state index in [1.165, 1.54) is 59.4 Å². The molecule has 1 heterocycles. The summed E-state index contributed by atoms with van der Waals surface area (Å²) in [6.45, 7) is 0. The summed E-state index contributed by atoms with van der Waals surface area (Å²) in [4.78, 5) is 13.2. The number of carbonyl (C=O) groups excluding carboxylic acids is 1. The monoisotopic (exact) mass is 451 g/mol. The smallest absolute Gasteiger partial charge is 0.259 e. The van der Waals surface area contributed by atoms with Gasteiger partial charge in [-0.1, -0.05) is 36.4 Å². The topological polar surface area (TPSA) is 101 Å². The Morgan fingerprint density at radius 2 is 1.66 bits per heavy atom. The van der Waals surface area contributed by atoms with E-state index in [1.807, 2.05) is 0 Å². The van der Waals surface area contributed by atoms with E-state index in [1.54, 1.807) is 24.3 Å². The number of anilines is 1. The lowest BCUT2D eigenvalue weighted by Gasteiger charge is -2.07. The molecule has 0 saturated carbocycles. The van der Waals surface area contributed by atoms with Gasteiger partial charge in [-0.25, -0.2) is 17.5 Å². The lowest BCUT2D eigenvalue weighted by Crippen LogP contribution is -2.12. The van der Waals surface area contributed by atoms with Gasteiger partial charge in [0.05, 0.1) is 16.1 Å². The normalized spacial score (nSPS) is 11.3. The third-order valence-electron chi connectivity index (χ3n) is 4.77. The molecule has 0 radical (unpaired) electrons. The zero-order chi connectivity index (χ0) is 22.9. The highest BCUT2D eigenvalue weighted by molar-refractivity contribution is 7.90. The molecule has 0 bridgehead atoms. The highest BCUT2D eigenvalue weighted by atomic mass is 32.2. The molecule has 1 amide bonds. The zero-order valence-corrected chi connectivity index (χ0v) is 17.7. The summed E-state index contributed by atoms with van der Waals surface area (Å²) in [6, 6.07) is 18.1. The maximum Gasteiger partial charge on any atom is 0.259 e. The van der Waals surface area contributed by atoms with Crippen molar-refractivity contribution in [3.8, 4) is 22.7 Å². The van der Waals surface area contributed by atoms with E-state index in [9.17, 15) is 22.7 Å². The van der Waals surface area contributed by atoms with Crippen molar-refractivity contribution in [3.05, 3.63) is 90.4 Å². The van der Waals surface area contributed by atoms with Crippen LogP contribution < -0.4 is 5.32 Å². The van der Waals surface area contributed by atoms with Gasteiger partial charge in [0.25, 0.3) is 5.91 Å². The van der Waals surface area contributed by atoms with Gasteiger partial charge in [-0.15, -0.1) is 0 Å². The van der Waals surface area contributed by atoms with Crippen molar-refractivity contribution < 1.29 is 22.7 Å². The van der Waals surface area contributed by atoms with Crippen LogP contribution in [0, 0.1) is 5.82 Å². The number of benzene rings is 3. The van der Waals surface area contributed by atoms with Crippen LogP contribution in [0.4, 0.5) is 10.1 Å². The quantitative estimate of drug-likeness (QED) is 0.446. The Morgan fingerprint density at radius 3 is 2.31 bits per heavy atom. The van der Waals surface area contributed by atoms with Crippen molar-refractivity contribution in [1.29, 1.82) is 0 Å². The van der Waals surface area contributed by atoms with Crippen molar-refractivity contribution in [2.75, 3.05) is 11.6 Å². The largest absolute Gasteiger partial charge is 0.506 e. The minimum absolute atomic E-state index is 0.110. The Balaban J connectivity index is 1.81. The number of aromatic nitrogens is 2. The Bertz CT molecular complexity index is 1410. The molecule has 0 aliphatic rings. The summed E-state index contributed by atoms with van der Waals surface area (Å²) in [5.41, 5.74) is 1.15. The van der Waals surface area contributed by atoms with Crippen molar-refractivity contribution in [3.63, 3.8) is 0 Å². The average molecular weight is 451 g/mol. The van der Waals surface area contributed by atoms with Gasteiger partial charge in [0.2, 0.25) is 0 Å². The first-order valence-corrected chi connectivity index (χ1v) is 11.4. The van der Waals surface area contributed by atoms with Gasteiger partial charge < -0.3 is 10.4 Å². The first-order chi connectivity index (χ1) is 15.2. The number of rotatable bonds is 5. The van der Waals surface area contributed by atoms with Crippen LogP contribution in [0.15, 0.2) is 83.9 Å². The molecule has 4 rings (SSSR count). The third kappa shape index (κ3) is 4.23. The number of para-hydroxylation sites is 3. The van der Waals surface area contributed by atoms with Crippen molar-refractivity contribution in [2.45, 2.75) is 4.90 Å². The van der Waals surface area contributed by atoms with Crippen LogP contribution in [-0.2, 0) is 9.84 Å². The van der Waals surface area contributed by atoms with E-state index in [0.29, 0.717) is 5.56 Å². The van der Waals surface area contributed by atoms with Crippen LogP contribution in [0.2, 0.25) is 0 Å². The molecule has 0 saturated heterocycles. The molecule has 0 unspecified atom stereocenters. The number of nitrogens with zero attached hydrogens (tertiary/aromatic N) is 2. The van der Waals surface area contributed by atoms with Crippen LogP contribution in [0.3, 0.4) is 0 Å². The molecular weight excluding hydrogens is 433 g/mol. The molecule has 7 nitrogen and oxygen atoms in total. The van der Waals surface area contributed by atoms with Gasteiger partial charge in [-0.2, -0.15) is 5.10 Å². The number of aromatic hydroxyl groups is 1. The predicted octanol–water partition coefficient (Wildman–Crippen LogP) is 4.04. The molecule has 3 aromatic carbocycles. The third-order valence-corrected chi connectivity index (χ3v) is 5.89. The highest BCUT2D eigenvalue weighted by Crippen LogP contribution is 2.28. The Hall–Kier alpha value is -3.98. The molecule has 0 spiro atoms. The predicted molar refractivity (Wildman–Crippen MR) is 118 cm³/mol. The number of sulfone groups is 1. The van der Waals surface area contributed by atoms with E-state index < -0.39 is 21.6 Å². The summed E-state index contributed by atoms with van der Waals surface area (Å²) in [5, 5.41) is 17.0.